The molecule has 0 spiro atoms. The predicted molar refractivity (Wildman–Crippen MR) is 87.7 cm³/mol. The van der Waals surface area contributed by atoms with Crippen molar-refractivity contribution in [1.29, 1.82) is 0 Å². The summed E-state index contributed by atoms with van der Waals surface area (Å²) in [6.45, 7) is -11.7. The van der Waals surface area contributed by atoms with Crippen molar-refractivity contribution in [3.63, 3.8) is 0 Å². The molecule has 1 aliphatic carbocycles. The summed E-state index contributed by atoms with van der Waals surface area (Å²) in [7, 11) is 0. The standard InChI is InChI=1S/C16H18N3S.BrH/c1-18(2)11-5-7-13-15(9-11)20-16-10-12(19(3)4)6-8-14(16)17-13;/h5-10H,1-4H3;1H/q+1;/p-1/i1D3,2D3,3D3,4D3;. The fraction of sp³-hybridized carbons (Fsp3) is 0.250. The molecule has 5 heteroatoms. The van der Waals surface area contributed by atoms with Gasteiger partial charge >= 0.3 is 0 Å². The second kappa shape index (κ2) is 6.12. The van der Waals surface area contributed by atoms with Gasteiger partial charge < -0.3 is 21.9 Å². The van der Waals surface area contributed by atoms with Crippen LogP contribution < -0.4 is 31.8 Å². The highest BCUT2D eigenvalue weighted by Gasteiger charge is 2.09. The smallest absolute Gasteiger partial charge is 0.201 e. The van der Waals surface area contributed by atoms with E-state index in [4.69, 9.17) is 16.4 Å². The Morgan fingerprint density at radius 2 is 2.00 bits per heavy atom. The van der Waals surface area contributed by atoms with Crippen molar-refractivity contribution in [2.75, 3.05) is 32.8 Å². The van der Waals surface area contributed by atoms with Crippen LogP contribution in [-0.2, 0) is 0 Å². The molecule has 0 saturated carbocycles. The van der Waals surface area contributed by atoms with E-state index in [1.165, 1.54) is 36.4 Å². The van der Waals surface area contributed by atoms with Crippen molar-refractivity contribution in [3.05, 3.63) is 41.8 Å². The zero-order chi connectivity index (χ0) is 24.3. The van der Waals surface area contributed by atoms with Crippen LogP contribution in [0.3, 0.4) is 0 Å². The molecule has 1 aromatic carbocycles. The Kier molecular flexibility index (Phi) is 1.85. The van der Waals surface area contributed by atoms with Gasteiger partial charge in [-0.25, -0.2) is 9.56 Å². The minimum Gasteiger partial charge on any atom is -1.00 e. The normalized spacial score (nSPS) is 21.3. The Bertz CT molecular complexity index is 1160. The van der Waals surface area contributed by atoms with Gasteiger partial charge in [0, 0.05) is 40.0 Å². The molecular weight excluding hydrogens is 346 g/mol. The number of fused-ring (bicyclic) bond motifs is 2. The molecule has 0 atom stereocenters. The maximum absolute atomic E-state index is 7.59. The van der Waals surface area contributed by atoms with E-state index < -0.39 is 27.9 Å². The second-order valence-corrected chi connectivity index (χ2v) is 5.27. The van der Waals surface area contributed by atoms with Gasteiger partial charge in [0.25, 0.3) is 0 Å². The minimum atomic E-state index is -2.92. The van der Waals surface area contributed by atoms with Crippen molar-refractivity contribution in [1.82, 2.24) is 9.56 Å². The Hall–Kier alpha value is -1.46. The number of hydrogen-bond acceptors (Lipinski definition) is 3. The lowest BCUT2D eigenvalue weighted by molar-refractivity contribution is -0.00000410. The van der Waals surface area contributed by atoms with E-state index in [9.17, 15) is 0 Å². The molecule has 3 rings (SSSR count). The highest BCUT2D eigenvalue weighted by Crippen LogP contribution is 2.31. The average molecular weight is 376 g/mol. The van der Waals surface area contributed by atoms with Crippen LogP contribution in [0.2, 0.25) is 0 Å². The first-order chi connectivity index (χ1) is 14.4. The summed E-state index contributed by atoms with van der Waals surface area (Å²) in [6, 6.07) is 8.45. The number of hydrogen-bond donors (Lipinski definition) is 0. The van der Waals surface area contributed by atoms with Gasteiger partial charge in [-0.15, -0.1) is 11.3 Å². The van der Waals surface area contributed by atoms with Crippen LogP contribution in [0.5, 0.6) is 0 Å². The van der Waals surface area contributed by atoms with E-state index in [0.717, 1.165) is 11.3 Å². The summed E-state index contributed by atoms with van der Waals surface area (Å²) in [6.07, 6.45) is 0. The molecule has 0 saturated heterocycles. The van der Waals surface area contributed by atoms with Gasteiger partial charge in [-0.1, -0.05) is 0 Å². The topological polar surface area (TPSA) is 19.1 Å². The van der Waals surface area contributed by atoms with Crippen LogP contribution >= 0.6 is 11.3 Å². The van der Waals surface area contributed by atoms with Crippen molar-refractivity contribution in [3.8, 4) is 10.6 Å². The van der Waals surface area contributed by atoms with Crippen molar-refractivity contribution >= 4 is 27.2 Å². The van der Waals surface area contributed by atoms with E-state index >= 15 is 0 Å². The molecule has 1 aliphatic heterocycles. The number of benzene rings is 2. The van der Waals surface area contributed by atoms with Gasteiger partial charge in [0.1, 0.15) is 14.0 Å². The molecule has 0 amide bonds. The first-order valence-electron chi connectivity index (χ1n) is 11.7. The molecule has 0 radical (unpaired) electrons. The molecule has 0 bridgehead atoms. The molecule has 0 N–H and O–H groups in total. The number of anilines is 1. The molecule has 0 unspecified atom stereocenters. The lowest BCUT2D eigenvalue weighted by Crippen LogP contribution is -3.00. The van der Waals surface area contributed by atoms with Crippen LogP contribution in [0.25, 0.3) is 20.8 Å². The third-order valence-electron chi connectivity index (χ3n) is 2.86. The van der Waals surface area contributed by atoms with Gasteiger partial charge in [-0.2, -0.15) is 0 Å². The first kappa shape index (κ1) is 6.34. The molecular formula is C16H18BrN3S. The lowest BCUT2D eigenvalue weighted by atomic mass is 10.2. The Morgan fingerprint density at radius 3 is 2.76 bits per heavy atom. The number of rotatable bonds is 1. The van der Waals surface area contributed by atoms with Crippen molar-refractivity contribution in [2.24, 2.45) is 0 Å². The van der Waals surface area contributed by atoms with Crippen LogP contribution in [0.15, 0.2) is 36.4 Å². The zero-order valence-corrected chi connectivity index (χ0v) is 13.0. The van der Waals surface area contributed by atoms with E-state index in [1.54, 1.807) is 0 Å². The van der Waals surface area contributed by atoms with Crippen LogP contribution in [0.4, 0.5) is 5.69 Å². The molecule has 3 nitrogen and oxygen atoms in total. The zero-order valence-electron chi connectivity index (χ0n) is 22.6. The third-order valence-corrected chi connectivity index (χ3v) is 3.96. The Labute approximate surface area is 156 Å². The van der Waals surface area contributed by atoms with Gasteiger partial charge in [0.2, 0.25) is 5.36 Å². The number of halogens is 1. The van der Waals surface area contributed by atoms with E-state index in [1.807, 2.05) is 0 Å². The molecule has 21 heavy (non-hydrogen) atoms. The summed E-state index contributed by atoms with van der Waals surface area (Å²) in [5, 5.41) is -0.0577. The third kappa shape index (κ3) is 3.09. The maximum atomic E-state index is 7.59. The van der Waals surface area contributed by atoms with E-state index in [-0.39, 0.29) is 28.0 Å². The highest BCUT2D eigenvalue weighted by atomic mass is 79.9. The maximum Gasteiger partial charge on any atom is 0.201 e. The first-order valence-corrected chi connectivity index (χ1v) is 6.49. The van der Waals surface area contributed by atoms with E-state index in [0.29, 0.717) is 30.3 Å². The monoisotopic (exact) mass is 375 g/mol. The summed E-state index contributed by atoms with van der Waals surface area (Å²) < 4.78 is 91.9. The number of nitrogens with zero attached hydrogens (tertiary/aromatic N) is 3. The Morgan fingerprint density at radius 1 is 1.14 bits per heavy atom. The summed E-state index contributed by atoms with van der Waals surface area (Å²) >= 11 is 1.11. The quantitative estimate of drug-likeness (QED) is 0.422. The van der Waals surface area contributed by atoms with Crippen LogP contribution in [-0.4, -0.2) is 32.9 Å². The molecule has 1 aromatic rings. The van der Waals surface area contributed by atoms with Crippen molar-refractivity contribution in [2.45, 2.75) is 0 Å². The molecule has 0 aromatic heterocycles. The fourth-order valence-corrected chi connectivity index (χ4v) is 2.91. The van der Waals surface area contributed by atoms with Crippen molar-refractivity contribution < 1.29 is 33.4 Å². The molecule has 2 aliphatic rings. The van der Waals surface area contributed by atoms with Gasteiger partial charge in [0.15, 0.2) is 0 Å². The highest BCUT2D eigenvalue weighted by molar-refractivity contribution is 7.21. The summed E-state index contributed by atoms with van der Waals surface area (Å²) in [4.78, 5) is 5.24. The second-order valence-electron chi connectivity index (χ2n) is 4.19. The SMILES string of the molecule is [2H]C([2H])([2H])N(c1ccc2nc3ccc(=[N+](C([2H])([2H])[2H])C([2H])([2H])[2H])cc-3sc2c1)C([2H])([2H])[2H].[Br-]. The predicted octanol–water partition coefficient (Wildman–Crippen LogP) is -0.497. The molecule has 110 valence electrons. The minimum absolute atomic E-state index is 0. The largest absolute Gasteiger partial charge is 1.00 e. The average Bonchev–Trinajstić information content (AvgIpc) is 2.54. The Balaban J connectivity index is 0.00000385. The van der Waals surface area contributed by atoms with Gasteiger partial charge in [0.05, 0.1) is 29.0 Å². The summed E-state index contributed by atoms with van der Waals surface area (Å²) in [5.41, 5.74) is 0.884. The van der Waals surface area contributed by atoms with E-state index in [2.05, 4.69) is 4.98 Å². The molecule has 1 heterocycles. The summed E-state index contributed by atoms with van der Waals surface area (Å²) in [5.74, 6) is 0. The van der Waals surface area contributed by atoms with Gasteiger partial charge in [-0.3, -0.25) is 0 Å². The van der Waals surface area contributed by atoms with Gasteiger partial charge in [-0.05, 0) is 24.3 Å². The fourth-order valence-electron chi connectivity index (χ4n) is 1.88. The van der Waals surface area contributed by atoms with Crippen LogP contribution in [0.1, 0.15) is 16.4 Å². The molecule has 0 fully saturated rings. The number of aromatic nitrogens is 1. The lowest BCUT2D eigenvalue weighted by Gasteiger charge is -2.13. The van der Waals surface area contributed by atoms with Crippen LogP contribution in [0, 0.1) is 0 Å².